The van der Waals surface area contributed by atoms with E-state index in [1.807, 2.05) is 82.3 Å². The van der Waals surface area contributed by atoms with Crippen LogP contribution >= 0.6 is 0 Å². The predicted octanol–water partition coefficient (Wildman–Crippen LogP) is 4.06. The van der Waals surface area contributed by atoms with Crippen molar-refractivity contribution in [1.29, 1.82) is 0 Å². The summed E-state index contributed by atoms with van der Waals surface area (Å²) in [6.07, 6.45) is 0.789. The summed E-state index contributed by atoms with van der Waals surface area (Å²) in [5.74, 6) is -1.70. The van der Waals surface area contributed by atoms with Gasteiger partial charge in [-0.05, 0) is 50.8 Å². The van der Waals surface area contributed by atoms with Crippen LogP contribution in [0.4, 0.5) is 0 Å². The third kappa shape index (κ3) is 5.04. The first-order valence-electron chi connectivity index (χ1n) is 9.95. The molecule has 1 unspecified atom stereocenters. The molecule has 5 heteroatoms. The van der Waals surface area contributed by atoms with Crippen LogP contribution in [0.3, 0.4) is 0 Å². The highest BCUT2D eigenvalue weighted by atomic mass is 16.5. The van der Waals surface area contributed by atoms with Crippen molar-refractivity contribution in [3.63, 3.8) is 0 Å². The number of carbonyl (C=O) groups excluding carboxylic acids is 1. The van der Waals surface area contributed by atoms with Crippen LogP contribution in [0.1, 0.15) is 39.7 Å². The monoisotopic (exact) mass is 395 g/mol. The van der Waals surface area contributed by atoms with Gasteiger partial charge in [-0.2, -0.15) is 0 Å². The van der Waals surface area contributed by atoms with Crippen LogP contribution in [-0.2, 0) is 20.7 Å². The molecule has 0 aromatic heterocycles. The summed E-state index contributed by atoms with van der Waals surface area (Å²) in [5.41, 5.74) is 2.00. The number of hydrogen-bond donors (Lipinski definition) is 2. The van der Waals surface area contributed by atoms with Crippen LogP contribution < -0.4 is 5.32 Å². The smallest absolute Gasteiger partial charge is 0.326 e. The molecule has 154 valence electrons. The number of carboxylic acid groups (broad SMARTS) is 1. The zero-order chi connectivity index (χ0) is 21.2. The molecule has 0 bridgehead atoms. The number of nitrogens with one attached hydrogen (secondary N) is 1. The fourth-order valence-electron chi connectivity index (χ4n) is 4.14. The van der Waals surface area contributed by atoms with Gasteiger partial charge in [-0.1, -0.05) is 54.6 Å². The number of benzene rings is 2. The summed E-state index contributed by atoms with van der Waals surface area (Å²) in [7, 11) is 0. The van der Waals surface area contributed by atoms with Crippen molar-refractivity contribution in [2.75, 3.05) is 0 Å². The second-order valence-corrected chi connectivity index (χ2v) is 8.89. The Morgan fingerprint density at radius 3 is 2.14 bits per heavy atom. The summed E-state index contributed by atoms with van der Waals surface area (Å²) < 4.78 is 5.98. The number of carbonyl (C=O) groups is 2. The van der Waals surface area contributed by atoms with E-state index in [9.17, 15) is 14.7 Å². The minimum atomic E-state index is -1.04. The van der Waals surface area contributed by atoms with Crippen molar-refractivity contribution in [2.45, 2.75) is 57.8 Å². The van der Waals surface area contributed by atoms with Gasteiger partial charge in [0.25, 0.3) is 0 Å². The minimum Gasteiger partial charge on any atom is -0.480 e. The van der Waals surface area contributed by atoms with Gasteiger partial charge >= 0.3 is 5.97 Å². The van der Waals surface area contributed by atoms with Gasteiger partial charge in [0, 0.05) is 6.42 Å². The van der Waals surface area contributed by atoms with Gasteiger partial charge < -0.3 is 15.2 Å². The largest absolute Gasteiger partial charge is 0.480 e. The molecule has 1 aliphatic rings. The molecule has 2 atom stereocenters. The SMILES string of the molecule is CC1(C)CC(C(=O)N[C@@H](Cc2ccc(-c3ccccc3)cc2)C(=O)O)C(C)(C)O1. The van der Waals surface area contributed by atoms with Crippen molar-refractivity contribution >= 4 is 11.9 Å². The summed E-state index contributed by atoms with van der Waals surface area (Å²) in [6, 6.07) is 16.8. The Morgan fingerprint density at radius 1 is 1.03 bits per heavy atom. The molecule has 1 saturated heterocycles. The third-order valence-corrected chi connectivity index (χ3v) is 5.51. The van der Waals surface area contributed by atoms with Crippen LogP contribution in [0.15, 0.2) is 54.6 Å². The van der Waals surface area contributed by atoms with Crippen molar-refractivity contribution in [1.82, 2.24) is 5.32 Å². The molecule has 0 spiro atoms. The number of rotatable bonds is 6. The van der Waals surface area contributed by atoms with Crippen molar-refractivity contribution in [3.05, 3.63) is 60.2 Å². The molecular weight excluding hydrogens is 366 g/mol. The van der Waals surface area contributed by atoms with Crippen LogP contribution in [-0.4, -0.2) is 34.2 Å². The predicted molar refractivity (Wildman–Crippen MR) is 112 cm³/mol. The molecule has 1 heterocycles. The first kappa shape index (κ1) is 21.1. The fourth-order valence-corrected chi connectivity index (χ4v) is 4.14. The van der Waals surface area contributed by atoms with Gasteiger partial charge in [0.15, 0.2) is 0 Å². The molecule has 1 fully saturated rings. The number of aliphatic carboxylic acids is 1. The molecule has 1 amide bonds. The standard InChI is InChI=1S/C24H29NO4/c1-23(2)15-19(24(3,4)29-23)21(26)25-20(22(27)28)14-16-10-12-18(13-11-16)17-8-6-5-7-9-17/h5-13,19-20H,14-15H2,1-4H3,(H,25,26)(H,27,28)/t19?,20-/m0/s1. The highest BCUT2D eigenvalue weighted by Gasteiger charge is 2.49. The maximum absolute atomic E-state index is 12.8. The van der Waals surface area contributed by atoms with Crippen LogP contribution in [0.5, 0.6) is 0 Å². The molecule has 5 nitrogen and oxygen atoms in total. The van der Waals surface area contributed by atoms with E-state index in [4.69, 9.17) is 4.74 Å². The van der Waals surface area contributed by atoms with E-state index >= 15 is 0 Å². The van der Waals surface area contributed by atoms with E-state index in [1.165, 1.54) is 0 Å². The van der Waals surface area contributed by atoms with Crippen molar-refractivity contribution in [2.24, 2.45) is 5.92 Å². The Morgan fingerprint density at radius 2 is 1.62 bits per heavy atom. The molecule has 29 heavy (non-hydrogen) atoms. The fraction of sp³-hybridized carbons (Fsp3) is 0.417. The third-order valence-electron chi connectivity index (χ3n) is 5.51. The Hall–Kier alpha value is -2.66. The first-order chi connectivity index (χ1) is 13.6. The van der Waals surface area contributed by atoms with E-state index in [0.717, 1.165) is 16.7 Å². The Balaban J connectivity index is 1.69. The lowest BCUT2D eigenvalue weighted by Gasteiger charge is -2.27. The minimum absolute atomic E-state index is 0.230. The van der Waals surface area contributed by atoms with Crippen LogP contribution in [0.2, 0.25) is 0 Å². The first-order valence-corrected chi connectivity index (χ1v) is 9.95. The molecule has 0 aliphatic carbocycles. The van der Waals surface area contributed by atoms with Crippen LogP contribution in [0, 0.1) is 5.92 Å². The summed E-state index contributed by atoms with van der Waals surface area (Å²) in [4.78, 5) is 24.6. The van der Waals surface area contributed by atoms with Gasteiger partial charge in [-0.25, -0.2) is 4.79 Å². The van der Waals surface area contributed by atoms with Gasteiger partial charge in [0.1, 0.15) is 6.04 Å². The lowest BCUT2D eigenvalue weighted by molar-refractivity contribution is -0.144. The molecular formula is C24H29NO4. The maximum Gasteiger partial charge on any atom is 0.326 e. The second-order valence-electron chi connectivity index (χ2n) is 8.89. The van der Waals surface area contributed by atoms with Crippen molar-refractivity contribution in [3.8, 4) is 11.1 Å². The Labute approximate surface area is 172 Å². The Bertz CT molecular complexity index is 872. The quantitative estimate of drug-likeness (QED) is 0.773. The topological polar surface area (TPSA) is 75.6 Å². The Kier molecular flexibility index (Phi) is 5.80. The number of hydrogen-bond acceptors (Lipinski definition) is 3. The van der Waals surface area contributed by atoms with Gasteiger partial charge in [0.05, 0.1) is 17.1 Å². The van der Waals surface area contributed by atoms with E-state index in [-0.39, 0.29) is 18.2 Å². The average molecular weight is 395 g/mol. The molecule has 2 N–H and O–H groups in total. The van der Waals surface area contributed by atoms with Gasteiger partial charge in [0.2, 0.25) is 5.91 Å². The van der Waals surface area contributed by atoms with Gasteiger partial charge in [-0.15, -0.1) is 0 Å². The van der Waals surface area contributed by atoms with Crippen LogP contribution in [0.25, 0.3) is 11.1 Å². The lowest BCUT2D eigenvalue weighted by Crippen LogP contribution is -2.48. The molecule has 2 aromatic carbocycles. The zero-order valence-electron chi connectivity index (χ0n) is 17.4. The van der Waals surface area contributed by atoms with E-state index in [2.05, 4.69) is 5.32 Å². The van der Waals surface area contributed by atoms with E-state index in [1.54, 1.807) is 0 Å². The second kappa shape index (κ2) is 7.99. The average Bonchev–Trinajstić information content (AvgIpc) is 2.89. The summed E-state index contributed by atoms with van der Waals surface area (Å²) in [5, 5.41) is 12.4. The lowest BCUT2D eigenvalue weighted by atomic mass is 9.86. The highest BCUT2D eigenvalue weighted by Crippen LogP contribution is 2.42. The molecule has 0 radical (unpaired) electrons. The zero-order valence-corrected chi connectivity index (χ0v) is 17.4. The highest BCUT2D eigenvalue weighted by molar-refractivity contribution is 5.86. The van der Waals surface area contributed by atoms with E-state index < -0.39 is 23.2 Å². The maximum atomic E-state index is 12.8. The number of amides is 1. The van der Waals surface area contributed by atoms with Crippen molar-refractivity contribution < 1.29 is 19.4 Å². The molecule has 0 saturated carbocycles. The molecule has 3 rings (SSSR count). The van der Waals surface area contributed by atoms with Gasteiger partial charge in [-0.3, -0.25) is 4.79 Å². The number of carboxylic acids is 1. The summed E-state index contributed by atoms with van der Waals surface area (Å²) in [6.45, 7) is 7.66. The number of ether oxygens (including phenoxy) is 1. The summed E-state index contributed by atoms with van der Waals surface area (Å²) >= 11 is 0. The molecule has 2 aromatic rings. The normalized spacial score (nSPS) is 20.8. The molecule has 1 aliphatic heterocycles. The van der Waals surface area contributed by atoms with E-state index in [0.29, 0.717) is 6.42 Å².